The second-order valence-corrected chi connectivity index (χ2v) is 4.99. The molecule has 1 aliphatic heterocycles. The molecule has 1 amide bonds. The number of nitrogens with zero attached hydrogens (tertiary/aromatic N) is 2. The number of aryl methyl sites for hydroxylation is 1. The Morgan fingerprint density at radius 1 is 1.60 bits per heavy atom. The molecule has 0 radical (unpaired) electrons. The highest BCUT2D eigenvalue weighted by Crippen LogP contribution is 2.18. The Morgan fingerprint density at radius 3 is 2.93 bits per heavy atom. The van der Waals surface area contributed by atoms with Gasteiger partial charge in [-0.05, 0) is 25.8 Å². The highest BCUT2D eigenvalue weighted by Gasteiger charge is 2.29. The van der Waals surface area contributed by atoms with E-state index in [1.54, 1.807) is 0 Å². The molecule has 2 heterocycles. The average molecular weight is 226 g/mol. The van der Waals surface area contributed by atoms with Crippen molar-refractivity contribution in [3.05, 3.63) is 5.01 Å². The van der Waals surface area contributed by atoms with Gasteiger partial charge in [-0.15, -0.1) is 10.2 Å². The zero-order chi connectivity index (χ0) is 10.8. The maximum atomic E-state index is 11.8. The first-order valence-corrected chi connectivity index (χ1v) is 5.83. The first kappa shape index (κ1) is 10.5. The zero-order valence-electron chi connectivity index (χ0n) is 8.78. The van der Waals surface area contributed by atoms with Crippen LogP contribution in [0.3, 0.4) is 0 Å². The molecule has 15 heavy (non-hydrogen) atoms. The van der Waals surface area contributed by atoms with Crippen molar-refractivity contribution in [2.24, 2.45) is 5.92 Å². The summed E-state index contributed by atoms with van der Waals surface area (Å²) in [6.45, 7) is 4.85. The number of carbonyl (C=O) groups is 1. The molecule has 0 saturated carbocycles. The minimum Gasteiger partial charge on any atom is -0.306 e. The van der Waals surface area contributed by atoms with Crippen molar-refractivity contribution in [1.82, 2.24) is 15.5 Å². The summed E-state index contributed by atoms with van der Waals surface area (Å²) in [5.74, 6) is 0.384. The molecule has 1 saturated heterocycles. The number of carbonyl (C=O) groups excluding carboxylic acids is 1. The summed E-state index contributed by atoms with van der Waals surface area (Å²) in [5, 5.41) is 15.1. The Balaban J connectivity index is 1.97. The van der Waals surface area contributed by atoms with E-state index in [0.29, 0.717) is 11.0 Å². The van der Waals surface area contributed by atoms with Crippen LogP contribution in [0.15, 0.2) is 0 Å². The van der Waals surface area contributed by atoms with Gasteiger partial charge in [0.1, 0.15) is 5.01 Å². The molecule has 0 aliphatic carbocycles. The van der Waals surface area contributed by atoms with Gasteiger partial charge in [0.2, 0.25) is 11.0 Å². The fraction of sp³-hybridized carbons (Fsp3) is 0.667. The number of hydrogen-bond donors (Lipinski definition) is 2. The van der Waals surface area contributed by atoms with Crippen LogP contribution in [0.1, 0.15) is 18.4 Å². The number of amides is 1. The van der Waals surface area contributed by atoms with Crippen LogP contribution in [-0.4, -0.2) is 28.7 Å². The SMILES string of the molecule is Cc1nnc(NC(=O)C2NCCC2C)s1. The van der Waals surface area contributed by atoms with Gasteiger partial charge in [-0.2, -0.15) is 0 Å². The van der Waals surface area contributed by atoms with Gasteiger partial charge in [0.05, 0.1) is 6.04 Å². The van der Waals surface area contributed by atoms with Crippen LogP contribution < -0.4 is 10.6 Å². The number of rotatable bonds is 2. The fourth-order valence-corrected chi connectivity index (χ4v) is 2.31. The standard InChI is InChI=1S/C9H14N4OS/c1-5-3-4-10-7(5)8(14)11-9-13-12-6(2)15-9/h5,7,10H,3-4H2,1-2H3,(H,11,13,14). The third-order valence-electron chi connectivity index (χ3n) is 2.57. The molecule has 82 valence electrons. The molecule has 1 aromatic heterocycles. The van der Waals surface area contributed by atoms with E-state index in [1.165, 1.54) is 11.3 Å². The lowest BCUT2D eigenvalue weighted by molar-refractivity contribution is -0.118. The Bertz CT molecular complexity index is 365. The monoisotopic (exact) mass is 226 g/mol. The summed E-state index contributed by atoms with van der Waals surface area (Å²) in [4.78, 5) is 11.8. The summed E-state index contributed by atoms with van der Waals surface area (Å²) in [6, 6.07) is -0.0887. The van der Waals surface area contributed by atoms with Crippen molar-refractivity contribution in [2.45, 2.75) is 26.3 Å². The molecular weight excluding hydrogens is 212 g/mol. The van der Waals surface area contributed by atoms with Gasteiger partial charge in [0, 0.05) is 0 Å². The van der Waals surface area contributed by atoms with Gasteiger partial charge in [0.15, 0.2) is 0 Å². The smallest absolute Gasteiger partial charge is 0.243 e. The average Bonchev–Trinajstić information content (AvgIpc) is 2.75. The minimum absolute atomic E-state index is 0.00356. The maximum Gasteiger partial charge on any atom is 0.243 e. The summed E-state index contributed by atoms with van der Waals surface area (Å²) in [7, 11) is 0. The molecule has 0 spiro atoms. The molecule has 2 rings (SSSR count). The molecule has 0 bridgehead atoms. The first-order chi connectivity index (χ1) is 7.16. The molecule has 1 aliphatic rings. The summed E-state index contributed by atoms with van der Waals surface area (Å²) in [6.07, 6.45) is 1.05. The van der Waals surface area contributed by atoms with Crippen molar-refractivity contribution in [1.29, 1.82) is 0 Å². The maximum absolute atomic E-state index is 11.8. The third-order valence-corrected chi connectivity index (χ3v) is 3.33. The number of anilines is 1. The zero-order valence-corrected chi connectivity index (χ0v) is 9.60. The molecule has 2 atom stereocenters. The molecule has 1 fully saturated rings. The largest absolute Gasteiger partial charge is 0.306 e. The van der Waals surface area contributed by atoms with Crippen LogP contribution in [0.4, 0.5) is 5.13 Å². The van der Waals surface area contributed by atoms with Crippen LogP contribution in [-0.2, 0) is 4.79 Å². The van der Waals surface area contributed by atoms with Gasteiger partial charge >= 0.3 is 0 Å². The second kappa shape index (κ2) is 4.24. The normalized spacial score (nSPS) is 25.5. The van der Waals surface area contributed by atoms with E-state index in [1.807, 2.05) is 6.92 Å². The Labute approximate surface area is 92.3 Å². The number of hydrogen-bond acceptors (Lipinski definition) is 5. The van der Waals surface area contributed by atoms with Crippen LogP contribution >= 0.6 is 11.3 Å². The Kier molecular flexibility index (Phi) is 2.97. The van der Waals surface area contributed by atoms with Gasteiger partial charge in [0.25, 0.3) is 0 Å². The van der Waals surface area contributed by atoms with Crippen LogP contribution in [0, 0.1) is 12.8 Å². The third kappa shape index (κ3) is 2.32. The summed E-state index contributed by atoms with van der Waals surface area (Å²) >= 11 is 1.39. The molecule has 5 nitrogen and oxygen atoms in total. The molecule has 2 unspecified atom stereocenters. The van der Waals surface area contributed by atoms with E-state index >= 15 is 0 Å². The summed E-state index contributed by atoms with van der Waals surface area (Å²) in [5.41, 5.74) is 0. The summed E-state index contributed by atoms with van der Waals surface area (Å²) < 4.78 is 0. The van der Waals surface area contributed by atoms with E-state index < -0.39 is 0 Å². The lowest BCUT2D eigenvalue weighted by Gasteiger charge is -2.13. The second-order valence-electron chi connectivity index (χ2n) is 3.81. The van der Waals surface area contributed by atoms with Gasteiger partial charge < -0.3 is 5.32 Å². The van der Waals surface area contributed by atoms with E-state index in [-0.39, 0.29) is 11.9 Å². The van der Waals surface area contributed by atoms with Crippen molar-refractivity contribution in [3.8, 4) is 0 Å². The highest BCUT2D eigenvalue weighted by atomic mass is 32.1. The molecule has 2 N–H and O–H groups in total. The number of aromatic nitrogens is 2. The molecular formula is C9H14N4OS. The topological polar surface area (TPSA) is 66.9 Å². The quantitative estimate of drug-likeness (QED) is 0.782. The predicted octanol–water partition coefficient (Wildman–Crippen LogP) is 0.783. The number of nitrogens with one attached hydrogen (secondary N) is 2. The van der Waals surface area contributed by atoms with Crippen LogP contribution in [0.25, 0.3) is 0 Å². The van der Waals surface area contributed by atoms with Gasteiger partial charge in [-0.25, -0.2) is 0 Å². The van der Waals surface area contributed by atoms with Crippen molar-refractivity contribution in [3.63, 3.8) is 0 Å². The van der Waals surface area contributed by atoms with Gasteiger partial charge in [-0.1, -0.05) is 18.3 Å². The van der Waals surface area contributed by atoms with Crippen LogP contribution in [0.5, 0.6) is 0 Å². The van der Waals surface area contributed by atoms with Crippen molar-refractivity contribution < 1.29 is 4.79 Å². The first-order valence-electron chi connectivity index (χ1n) is 5.01. The Morgan fingerprint density at radius 2 is 2.40 bits per heavy atom. The molecule has 6 heteroatoms. The van der Waals surface area contributed by atoms with E-state index in [4.69, 9.17) is 0 Å². The van der Waals surface area contributed by atoms with Crippen molar-refractivity contribution >= 4 is 22.4 Å². The molecule has 0 aromatic carbocycles. The highest BCUT2D eigenvalue weighted by molar-refractivity contribution is 7.15. The van der Waals surface area contributed by atoms with E-state index in [9.17, 15) is 4.79 Å². The van der Waals surface area contributed by atoms with E-state index in [2.05, 4.69) is 27.8 Å². The van der Waals surface area contributed by atoms with Crippen LogP contribution in [0.2, 0.25) is 0 Å². The lowest BCUT2D eigenvalue weighted by atomic mass is 10.0. The Hall–Kier alpha value is -1.01. The fourth-order valence-electron chi connectivity index (χ4n) is 1.72. The predicted molar refractivity (Wildman–Crippen MR) is 58.8 cm³/mol. The van der Waals surface area contributed by atoms with Gasteiger partial charge in [-0.3, -0.25) is 10.1 Å². The minimum atomic E-state index is -0.0887. The van der Waals surface area contributed by atoms with Crippen molar-refractivity contribution in [2.75, 3.05) is 11.9 Å². The lowest BCUT2D eigenvalue weighted by Crippen LogP contribution is -2.39. The molecule has 1 aromatic rings. The van der Waals surface area contributed by atoms with E-state index in [0.717, 1.165) is 18.0 Å².